The lowest BCUT2D eigenvalue weighted by atomic mass is 10.2. The van der Waals surface area contributed by atoms with Crippen molar-refractivity contribution >= 4 is 17.7 Å². The second kappa shape index (κ2) is 6.44. The van der Waals surface area contributed by atoms with Crippen molar-refractivity contribution in [3.63, 3.8) is 0 Å². The van der Waals surface area contributed by atoms with Crippen LogP contribution in [0.1, 0.15) is 26.0 Å². The molecular weight excluding hydrogens is 240 g/mol. The van der Waals surface area contributed by atoms with Gasteiger partial charge in [0.15, 0.2) is 5.16 Å². The van der Waals surface area contributed by atoms with E-state index < -0.39 is 0 Å². The number of aryl methyl sites for hydroxylation is 1. The van der Waals surface area contributed by atoms with Gasteiger partial charge in [0.25, 0.3) is 5.56 Å². The molecule has 0 bridgehead atoms. The minimum atomic E-state index is -0.389. The molecule has 1 rings (SSSR count). The van der Waals surface area contributed by atoms with Crippen LogP contribution in [0.2, 0.25) is 0 Å². The molecular formula is C11H16N2O3S. The van der Waals surface area contributed by atoms with E-state index >= 15 is 0 Å². The van der Waals surface area contributed by atoms with Gasteiger partial charge < -0.3 is 9.72 Å². The summed E-state index contributed by atoms with van der Waals surface area (Å²) in [7, 11) is 1.34. The normalized spacial score (nSPS) is 12.2. The molecule has 1 atom stereocenters. The van der Waals surface area contributed by atoms with Gasteiger partial charge in [-0.1, -0.05) is 25.1 Å². The lowest BCUT2D eigenvalue weighted by Crippen LogP contribution is -2.17. The van der Waals surface area contributed by atoms with E-state index in [0.29, 0.717) is 5.16 Å². The molecule has 0 saturated heterocycles. The number of aromatic nitrogens is 2. The van der Waals surface area contributed by atoms with Gasteiger partial charge in [-0.05, 0) is 13.3 Å². The van der Waals surface area contributed by atoms with Crippen molar-refractivity contribution in [2.45, 2.75) is 37.1 Å². The smallest absolute Gasteiger partial charge is 0.318 e. The minimum Gasteiger partial charge on any atom is -0.468 e. The Morgan fingerprint density at radius 2 is 2.35 bits per heavy atom. The molecule has 0 amide bonds. The van der Waals surface area contributed by atoms with Crippen molar-refractivity contribution < 1.29 is 9.53 Å². The average Bonchev–Trinajstić information content (AvgIpc) is 2.27. The second-order valence-corrected chi connectivity index (χ2v) is 4.90. The maximum Gasteiger partial charge on any atom is 0.318 e. The van der Waals surface area contributed by atoms with E-state index in [4.69, 9.17) is 0 Å². The molecule has 1 N–H and O–H groups in total. The first-order valence-electron chi connectivity index (χ1n) is 5.41. The van der Waals surface area contributed by atoms with Crippen LogP contribution in [-0.4, -0.2) is 28.3 Å². The number of carbonyl (C=O) groups is 1. The van der Waals surface area contributed by atoms with Crippen molar-refractivity contribution in [1.29, 1.82) is 0 Å². The number of thioether (sulfide) groups is 1. The number of nitrogens with zero attached hydrogens (tertiary/aromatic N) is 1. The Morgan fingerprint density at radius 1 is 1.65 bits per heavy atom. The molecule has 0 fully saturated rings. The first kappa shape index (κ1) is 13.8. The van der Waals surface area contributed by atoms with E-state index in [1.807, 2.05) is 6.92 Å². The highest BCUT2D eigenvalue weighted by molar-refractivity contribution is 8.00. The van der Waals surface area contributed by atoms with Crippen molar-refractivity contribution in [2.24, 2.45) is 0 Å². The van der Waals surface area contributed by atoms with Gasteiger partial charge in [0.1, 0.15) is 5.25 Å². The fourth-order valence-corrected chi connectivity index (χ4v) is 2.16. The van der Waals surface area contributed by atoms with Crippen LogP contribution >= 0.6 is 11.8 Å². The monoisotopic (exact) mass is 256 g/mol. The molecule has 0 aliphatic heterocycles. The van der Waals surface area contributed by atoms with E-state index in [-0.39, 0.29) is 16.8 Å². The topological polar surface area (TPSA) is 72.0 Å². The SMILES string of the molecule is CCCc1cc(=O)[nH]c(SC(C)C(=O)OC)n1. The van der Waals surface area contributed by atoms with Crippen molar-refractivity contribution in [1.82, 2.24) is 9.97 Å². The minimum absolute atomic E-state index is 0.192. The first-order valence-corrected chi connectivity index (χ1v) is 6.29. The van der Waals surface area contributed by atoms with Crippen LogP contribution in [-0.2, 0) is 16.0 Å². The largest absolute Gasteiger partial charge is 0.468 e. The third-order valence-electron chi connectivity index (χ3n) is 2.10. The molecule has 1 aromatic heterocycles. The van der Waals surface area contributed by atoms with Gasteiger partial charge in [-0.3, -0.25) is 9.59 Å². The van der Waals surface area contributed by atoms with Crippen molar-refractivity contribution in [3.8, 4) is 0 Å². The Hall–Kier alpha value is -1.30. The van der Waals surface area contributed by atoms with Crippen molar-refractivity contribution in [3.05, 3.63) is 22.1 Å². The Bertz CT molecular complexity index is 445. The zero-order valence-electron chi connectivity index (χ0n) is 10.1. The highest BCUT2D eigenvalue weighted by Gasteiger charge is 2.16. The average molecular weight is 256 g/mol. The fourth-order valence-electron chi connectivity index (χ4n) is 1.31. The van der Waals surface area contributed by atoms with Gasteiger partial charge in [0, 0.05) is 11.8 Å². The van der Waals surface area contributed by atoms with Crippen LogP contribution in [0.15, 0.2) is 16.0 Å². The highest BCUT2D eigenvalue weighted by atomic mass is 32.2. The van der Waals surface area contributed by atoms with E-state index in [1.54, 1.807) is 6.92 Å². The predicted molar refractivity (Wildman–Crippen MR) is 66.2 cm³/mol. The molecule has 0 aromatic carbocycles. The van der Waals surface area contributed by atoms with Crippen LogP contribution in [0.25, 0.3) is 0 Å². The summed E-state index contributed by atoms with van der Waals surface area (Å²) in [6, 6.07) is 1.48. The third kappa shape index (κ3) is 4.22. The third-order valence-corrected chi connectivity index (χ3v) is 3.06. The molecule has 1 heterocycles. The number of ether oxygens (including phenoxy) is 1. The van der Waals surface area contributed by atoms with Crippen LogP contribution in [0.4, 0.5) is 0 Å². The van der Waals surface area contributed by atoms with Crippen molar-refractivity contribution in [2.75, 3.05) is 7.11 Å². The molecule has 5 nitrogen and oxygen atoms in total. The molecule has 0 radical (unpaired) electrons. The number of esters is 1. The zero-order valence-corrected chi connectivity index (χ0v) is 11.0. The van der Waals surface area contributed by atoms with Gasteiger partial charge in [-0.15, -0.1) is 0 Å². The molecule has 1 unspecified atom stereocenters. The lowest BCUT2D eigenvalue weighted by molar-refractivity contribution is -0.139. The lowest BCUT2D eigenvalue weighted by Gasteiger charge is -2.08. The van der Waals surface area contributed by atoms with E-state index in [0.717, 1.165) is 18.5 Å². The Balaban J connectivity index is 2.83. The first-order chi connectivity index (χ1) is 8.06. The fraction of sp³-hybridized carbons (Fsp3) is 0.545. The summed E-state index contributed by atoms with van der Waals surface area (Å²) in [4.78, 5) is 29.5. The molecule has 0 spiro atoms. The number of aromatic amines is 1. The Labute approximate surface area is 104 Å². The number of nitrogens with one attached hydrogen (secondary N) is 1. The number of methoxy groups -OCH3 is 1. The standard InChI is InChI=1S/C11H16N2O3S/c1-4-5-8-6-9(14)13-11(12-8)17-7(2)10(15)16-3/h6-7H,4-5H2,1-3H3,(H,12,13,14). The maximum atomic E-state index is 11.4. The predicted octanol–water partition coefficient (Wildman–Crippen LogP) is 1.38. The highest BCUT2D eigenvalue weighted by Crippen LogP contribution is 2.19. The summed E-state index contributed by atoms with van der Waals surface area (Å²) in [5, 5.41) is 0.0684. The number of H-pyrrole nitrogens is 1. The van der Waals surface area contributed by atoms with Crippen LogP contribution in [0.3, 0.4) is 0 Å². The molecule has 17 heavy (non-hydrogen) atoms. The van der Waals surface area contributed by atoms with Gasteiger partial charge >= 0.3 is 5.97 Å². The summed E-state index contributed by atoms with van der Waals surface area (Å²) in [5.74, 6) is -0.335. The molecule has 94 valence electrons. The summed E-state index contributed by atoms with van der Waals surface area (Å²) in [5.41, 5.74) is 0.554. The number of hydrogen-bond donors (Lipinski definition) is 1. The van der Waals surface area contributed by atoms with Gasteiger partial charge in [-0.2, -0.15) is 0 Å². The number of carbonyl (C=O) groups excluding carboxylic acids is 1. The molecule has 6 heteroatoms. The summed E-state index contributed by atoms with van der Waals surface area (Å²) < 4.78 is 4.61. The molecule has 1 aromatic rings. The second-order valence-electron chi connectivity index (χ2n) is 3.58. The van der Waals surface area contributed by atoms with Gasteiger partial charge in [0.05, 0.1) is 7.11 Å². The zero-order chi connectivity index (χ0) is 12.8. The molecule has 0 aliphatic carbocycles. The summed E-state index contributed by atoms with van der Waals surface area (Å²) in [6.07, 6.45) is 1.68. The maximum absolute atomic E-state index is 11.4. The van der Waals surface area contributed by atoms with Crippen LogP contribution < -0.4 is 5.56 Å². The molecule has 0 aliphatic rings. The van der Waals surface area contributed by atoms with Gasteiger partial charge in [0.2, 0.25) is 0 Å². The number of rotatable bonds is 5. The molecule has 0 saturated carbocycles. The van der Waals surface area contributed by atoms with Crippen LogP contribution in [0, 0.1) is 0 Å². The Kier molecular flexibility index (Phi) is 5.21. The quantitative estimate of drug-likeness (QED) is 0.489. The van der Waals surface area contributed by atoms with Gasteiger partial charge in [-0.25, -0.2) is 4.98 Å². The van der Waals surface area contributed by atoms with E-state index in [1.165, 1.54) is 24.9 Å². The number of hydrogen-bond acceptors (Lipinski definition) is 5. The summed E-state index contributed by atoms with van der Waals surface area (Å²) in [6.45, 7) is 3.73. The Morgan fingerprint density at radius 3 is 2.94 bits per heavy atom. The van der Waals surface area contributed by atoms with E-state index in [9.17, 15) is 9.59 Å². The van der Waals surface area contributed by atoms with E-state index in [2.05, 4.69) is 14.7 Å². The van der Waals surface area contributed by atoms with Crippen LogP contribution in [0.5, 0.6) is 0 Å². The summed E-state index contributed by atoms with van der Waals surface area (Å²) >= 11 is 1.19.